The number of halogens is 3. The monoisotopic (exact) mass is 326 g/mol. The summed E-state index contributed by atoms with van der Waals surface area (Å²) in [7, 11) is 2.10. The van der Waals surface area contributed by atoms with Crippen molar-refractivity contribution in [2.75, 3.05) is 20.2 Å². The van der Waals surface area contributed by atoms with E-state index in [9.17, 15) is 0 Å². The van der Waals surface area contributed by atoms with Crippen molar-refractivity contribution in [2.45, 2.75) is 12.5 Å². The second kappa shape index (κ2) is 6.05. The molecule has 1 saturated heterocycles. The molecular weight excluding hydrogens is 315 g/mol. The van der Waals surface area contributed by atoms with Crippen molar-refractivity contribution in [2.24, 2.45) is 0 Å². The lowest BCUT2D eigenvalue weighted by Crippen LogP contribution is -2.48. The molecule has 16 heavy (non-hydrogen) atoms. The Hall–Kier alpha value is -0.0300. The van der Waals surface area contributed by atoms with Crippen molar-refractivity contribution >= 4 is 39.9 Å². The minimum absolute atomic E-state index is 0. The van der Waals surface area contributed by atoms with Crippen LogP contribution < -0.4 is 4.74 Å². The van der Waals surface area contributed by atoms with Crippen LogP contribution in [0.2, 0.25) is 5.15 Å². The first-order valence-corrected chi connectivity index (χ1v) is 5.98. The largest absolute Gasteiger partial charge is 0.490 e. The Morgan fingerprint density at radius 3 is 2.94 bits per heavy atom. The first kappa shape index (κ1) is 14.0. The molecule has 0 unspecified atom stereocenters. The van der Waals surface area contributed by atoms with E-state index in [2.05, 4.69) is 32.9 Å². The first-order valence-electron chi connectivity index (χ1n) is 4.81. The molecule has 1 aromatic heterocycles. The molecule has 6 heteroatoms. The number of likely N-dealkylation sites (tertiary alicyclic amines) is 1. The smallest absolute Gasteiger partial charge is 0.143 e. The van der Waals surface area contributed by atoms with Gasteiger partial charge in [-0.15, -0.1) is 12.4 Å². The lowest BCUT2D eigenvalue weighted by molar-refractivity contribution is 0.0767. The molecule has 2 rings (SSSR count). The maximum absolute atomic E-state index is 5.78. The van der Waals surface area contributed by atoms with E-state index in [1.165, 1.54) is 6.42 Å². The minimum Gasteiger partial charge on any atom is -0.490 e. The van der Waals surface area contributed by atoms with Gasteiger partial charge in [0.25, 0.3) is 0 Å². The number of aromatic nitrogens is 1. The van der Waals surface area contributed by atoms with Crippen LogP contribution >= 0.6 is 39.9 Å². The average Bonchev–Trinajstić information content (AvgIpc) is 2.21. The first-order chi connectivity index (χ1) is 7.16. The SMILES string of the molecule is CN1CC[C@H]1COc1cnc(Cl)c(Br)c1.Cl. The molecule has 1 atom stereocenters. The molecule has 3 nitrogen and oxygen atoms in total. The van der Waals surface area contributed by atoms with E-state index < -0.39 is 0 Å². The molecular formula is C10H13BrCl2N2O. The van der Waals surface area contributed by atoms with Crippen LogP contribution in [0.1, 0.15) is 6.42 Å². The van der Waals surface area contributed by atoms with Gasteiger partial charge in [0, 0.05) is 6.04 Å². The third kappa shape index (κ3) is 3.23. The van der Waals surface area contributed by atoms with Gasteiger partial charge in [-0.05, 0) is 42.0 Å². The fourth-order valence-corrected chi connectivity index (χ4v) is 1.89. The number of nitrogens with zero attached hydrogens (tertiary/aromatic N) is 2. The Bertz CT molecular complexity index is 365. The summed E-state index contributed by atoms with van der Waals surface area (Å²) in [5.74, 6) is 0.756. The second-order valence-corrected chi connectivity index (χ2v) is 4.89. The molecule has 0 spiro atoms. The number of ether oxygens (including phenoxy) is 1. The molecule has 1 aliphatic rings. The number of hydrogen-bond donors (Lipinski definition) is 0. The van der Waals surface area contributed by atoms with Crippen molar-refractivity contribution in [1.82, 2.24) is 9.88 Å². The van der Waals surface area contributed by atoms with Gasteiger partial charge in [0.15, 0.2) is 0 Å². The average molecular weight is 328 g/mol. The van der Waals surface area contributed by atoms with Crippen LogP contribution in [0.25, 0.3) is 0 Å². The molecule has 1 aromatic rings. The fraction of sp³-hybridized carbons (Fsp3) is 0.500. The normalized spacial score (nSPS) is 19.8. The molecule has 1 aliphatic heterocycles. The van der Waals surface area contributed by atoms with E-state index in [0.717, 1.165) is 16.8 Å². The number of hydrogen-bond acceptors (Lipinski definition) is 3. The van der Waals surface area contributed by atoms with Gasteiger partial charge in [0.1, 0.15) is 17.5 Å². The Kier molecular flexibility index (Phi) is 5.31. The zero-order valence-electron chi connectivity index (χ0n) is 8.82. The van der Waals surface area contributed by atoms with Crippen molar-refractivity contribution in [3.05, 3.63) is 21.9 Å². The summed E-state index contributed by atoms with van der Waals surface area (Å²) in [6.07, 6.45) is 2.85. The molecule has 0 N–H and O–H groups in total. The third-order valence-electron chi connectivity index (χ3n) is 2.65. The topological polar surface area (TPSA) is 25.4 Å². The Morgan fingerprint density at radius 1 is 1.69 bits per heavy atom. The molecule has 1 fully saturated rings. The zero-order valence-corrected chi connectivity index (χ0v) is 12.0. The van der Waals surface area contributed by atoms with Crippen LogP contribution in [-0.4, -0.2) is 36.1 Å². The lowest BCUT2D eigenvalue weighted by Gasteiger charge is -2.37. The molecule has 0 radical (unpaired) electrons. The molecule has 2 heterocycles. The summed E-state index contributed by atoms with van der Waals surface area (Å²) in [6, 6.07) is 2.38. The Morgan fingerprint density at radius 2 is 2.44 bits per heavy atom. The van der Waals surface area contributed by atoms with Crippen LogP contribution in [0.15, 0.2) is 16.7 Å². The van der Waals surface area contributed by atoms with Crippen LogP contribution in [0.5, 0.6) is 5.75 Å². The maximum atomic E-state index is 5.78. The van der Waals surface area contributed by atoms with Gasteiger partial charge in [-0.3, -0.25) is 4.90 Å². The van der Waals surface area contributed by atoms with Gasteiger partial charge in [0.05, 0.1) is 10.7 Å². The number of rotatable bonds is 3. The summed E-state index contributed by atoms with van der Waals surface area (Å²) < 4.78 is 6.39. The Balaban J connectivity index is 0.00000128. The van der Waals surface area contributed by atoms with Crippen molar-refractivity contribution in [3.8, 4) is 5.75 Å². The summed E-state index contributed by atoms with van der Waals surface area (Å²) in [6.45, 7) is 1.88. The molecule has 90 valence electrons. The van der Waals surface area contributed by atoms with Gasteiger partial charge in [-0.1, -0.05) is 11.6 Å². The quantitative estimate of drug-likeness (QED) is 0.798. The molecule has 0 aromatic carbocycles. The summed E-state index contributed by atoms with van der Waals surface area (Å²) in [5, 5.41) is 0.461. The second-order valence-electron chi connectivity index (χ2n) is 3.68. The van der Waals surface area contributed by atoms with Crippen molar-refractivity contribution in [3.63, 3.8) is 0 Å². The fourth-order valence-electron chi connectivity index (χ4n) is 1.46. The highest BCUT2D eigenvalue weighted by atomic mass is 79.9. The van der Waals surface area contributed by atoms with Crippen LogP contribution in [0, 0.1) is 0 Å². The van der Waals surface area contributed by atoms with E-state index in [1.54, 1.807) is 6.20 Å². The highest BCUT2D eigenvalue weighted by Crippen LogP contribution is 2.25. The zero-order chi connectivity index (χ0) is 10.8. The van der Waals surface area contributed by atoms with Gasteiger partial charge in [0.2, 0.25) is 0 Å². The third-order valence-corrected chi connectivity index (χ3v) is 3.79. The van der Waals surface area contributed by atoms with Gasteiger partial charge in [-0.25, -0.2) is 4.98 Å². The molecule has 0 aliphatic carbocycles. The van der Waals surface area contributed by atoms with E-state index in [4.69, 9.17) is 16.3 Å². The van der Waals surface area contributed by atoms with Crippen molar-refractivity contribution < 1.29 is 4.74 Å². The number of pyridine rings is 1. The van der Waals surface area contributed by atoms with Crippen LogP contribution in [-0.2, 0) is 0 Å². The molecule has 0 saturated carbocycles. The summed E-state index contributed by atoms with van der Waals surface area (Å²) in [5.41, 5.74) is 0. The highest BCUT2D eigenvalue weighted by Gasteiger charge is 2.24. The van der Waals surface area contributed by atoms with Gasteiger partial charge in [-0.2, -0.15) is 0 Å². The molecule has 0 amide bonds. The lowest BCUT2D eigenvalue weighted by atomic mass is 10.1. The highest BCUT2D eigenvalue weighted by molar-refractivity contribution is 9.10. The predicted molar refractivity (Wildman–Crippen MR) is 70.7 cm³/mol. The summed E-state index contributed by atoms with van der Waals surface area (Å²) >= 11 is 9.09. The van der Waals surface area contributed by atoms with Crippen LogP contribution in [0.4, 0.5) is 0 Å². The molecule has 0 bridgehead atoms. The summed E-state index contributed by atoms with van der Waals surface area (Å²) in [4.78, 5) is 6.28. The van der Waals surface area contributed by atoms with Gasteiger partial charge < -0.3 is 4.74 Å². The van der Waals surface area contributed by atoms with Gasteiger partial charge >= 0.3 is 0 Å². The van der Waals surface area contributed by atoms with E-state index in [0.29, 0.717) is 17.8 Å². The predicted octanol–water partition coefficient (Wildman–Crippen LogP) is 3.00. The Labute approximate surface area is 115 Å². The number of likely N-dealkylation sites (N-methyl/N-ethyl adjacent to an activating group) is 1. The van der Waals surface area contributed by atoms with E-state index in [1.807, 2.05) is 6.07 Å². The van der Waals surface area contributed by atoms with E-state index in [-0.39, 0.29) is 12.4 Å². The standard InChI is InChI=1S/C10H12BrClN2O.ClH/c1-14-3-2-7(14)6-15-8-4-9(11)10(12)13-5-8;/h4-5,7H,2-3,6H2,1H3;1H/t7-;/m0./s1. The van der Waals surface area contributed by atoms with Crippen molar-refractivity contribution in [1.29, 1.82) is 0 Å². The van der Waals surface area contributed by atoms with E-state index >= 15 is 0 Å². The van der Waals surface area contributed by atoms with Crippen LogP contribution in [0.3, 0.4) is 0 Å². The maximum Gasteiger partial charge on any atom is 0.143 e. The minimum atomic E-state index is 0.